The van der Waals surface area contributed by atoms with Gasteiger partial charge in [-0.15, -0.1) is 0 Å². The molecule has 0 aromatic rings. The molecular weight excluding hydrogens is 218 g/mol. The summed E-state index contributed by atoms with van der Waals surface area (Å²) in [7, 11) is 0. The molecule has 0 saturated carbocycles. The third-order valence-electron chi connectivity index (χ3n) is 2.19. The number of rotatable bonds is 9. The molecule has 4 heteroatoms. The lowest BCUT2D eigenvalue weighted by molar-refractivity contribution is 0.683. The van der Waals surface area contributed by atoms with Crippen molar-refractivity contribution in [2.45, 2.75) is 39.5 Å². The van der Waals surface area contributed by atoms with Crippen molar-refractivity contribution in [3.8, 4) is 0 Å². The minimum Gasteiger partial charge on any atom is -0.357 e. The van der Waals surface area contributed by atoms with Crippen LogP contribution in [0.1, 0.15) is 39.5 Å². The van der Waals surface area contributed by atoms with Gasteiger partial charge in [0.25, 0.3) is 0 Å². The van der Waals surface area contributed by atoms with E-state index >= 15 is 0 Å². The third kappa shape index (κ3) is 10.1. The van der Waals surface area contributed by atoms with Crippen molar-refractivity contribution in [1.29, 1.82) is 0 Å². The SMILES string of the molecule is CCCCCNC(=NCCCSC)NCC. The summed E-state index contributed by atoms with van der Waals surface area (Å²) in [6.45, 7) is 7.21. The minimum absolute atomic E-state index is 0.921. The normalized spacial score (nSPS) is 11.6. The maximum Gasteiger partial charge on any atom is 0.191 e. The topological polar surface area (TPSA) is 36.4 Å². The second kappa shape index (κ2) is 12.7. The number of nitrogens with one attached hydrogen (secondary N) is 2. The highest BCUT2D eigenvalue weighted by Crippen LogP contribution is 1.95. The Morgan fingerprint density at radius 2 is 1.94 bits per heavy atom. The van der Waals surface area contributed by atoms with E-state index in [9.17, 15) is 0 Å². The Bertz CT molecular complexity index is 172. The molecule has 0 atom stereocenters. The molecule has 0 amide bonds. The first-order chi connectivity index (χ1) is 7.85. The predicted octanol–water partition coefficient (Wildman–Crippen LogP) is 2.48. The molecule has 0 aliphatic carbocycles. The quantitative estimate of drug-likeness (QED) is 0.372. The fraction of sp³-hybridized carbons (Fsp3) is 0.917. The van der Waals surface area contributed by atoms with Gasteiger partial charge in [0.15, 0.2) is 5.96 Å². The molecule has 0 spiro atoms. The van der Waals surface area contributed by atoms with Gasteiger partial charge in [-0.1, -0.05) is 19.8 Å². The molecule has 0 unspecified atom stereocenters. The second-order valence-corrected chi connectivity index (χ2v) is 4.73. The van der Waals surface area contributed by atoms with Gasteiger partial charge in [0.2, 0.25) is 0 Å². The van der Waals surface area contributed by atoms with Crippen molar-refractivity contribution in [3.63, 3.8) is 0 Å². The van der Waals surface area contributed by atoms with E-state index in [1.807, 2.05) is 11.8 Å². The summed E-state index contributed by atoms with van der Waals surface area (Å²) < 4.78 is 0. The Morgan fingerprint density at radius 3 is 2.56 bits per heavy atom. The Labute approximate surface area is 105 Å². The summed E-state index contributed by atoms with van der Waals surface area (Å²) >= 11 is 1.88. The zero-order valence-corrected chi connectivity index (χ0v) is 11.8. The van der Waals surface area contributed by atoms with Crippen LogP contribution < -0.4 is 10.6 Å². The summed E-state index contributed by atoms with van der Waals surface area (Å²) in [6.07, 6.45) is 7.08. The standard InChI is InChI=1S/C12H27N3S/c1-4-6-7-9-14-12(13-5-2)15-10-8-11-16-3/h4-11H2,1-3H3,(H2,13,14,15). The third-order valence-corrected chi connectivity index (χ3v) is 2.89. The van der Waals surface area contributed by atoms with E-state index in [4.69, 9.17) is 0 Å². The fourth-order valence-electron chi connectivity index (χ4n) is 1.32. The predicted molar refractivity (Wildman–Crippen MR) is 76.5 cm³/mol. The lowest BCUT2D eigenvalue weighted by Crippen LogP contribution is -2.37. The number of nitrogens with zero attached hydrogens (tertiary/aromatic N) is 1. The Hall–Kier alpha value is -0.380. The second-order valence-electron chi connectivity index (χ2n) is 3.74. The maximum atomic E-state index is 4.53. The van der Waals surface area contributed by atoms with Gasteiger partial charge in [-0.05, 0) is 31.8 Å². The van der Waals surface area contributed by atoms with Crippen LogP contribution in [0.4, 0.5) is 0 Å². The van der Waals surface area contributed by atoms with E-state index in [0.29, 0.717) is 0 Å². The molecule has 2 N–H and O–H groups in total. The molecule has 3 nitrogen and oxygen atoms in total. The Morgan fingerprint density at radius 1 is 1.12 bits per heavy atom. The van der Waals surface area contributed by atoms with Crippen molar-refractivity contribution < 1.29 is 0 Å². The minimum atomic E-state index is 0.921. The van der Waals surface area contributed by atoms with E-state index in [1.165, 1.54) is 25.0 Å². The summed E-state index contributed by atoms with van der Waals surface area (Å²) in [4.78, 5) is 4.53. The molecule has 0 saturated heterocycles. The zero-order valence-electron chi connectivity index (χ0n) is 11.0. The lowest BCUT2D eigenvalue weighted by Gasteiger charge is -2.10. The number of hydrogen-bond acceptors (Lipinski definition) is 2. The van der Waals surface area contributed by atoms with Gasteiger partial charge in [0.1, 0.15) is 0 Å². The summed E-state index contributed by atoms with van der Waals surface area (Å²) in [5.41, 5.74) is 0. The summed E-state index contributed by atoms with van der Waals surface area (Å²) in [6, 6.07) is 0. The monoisotopic (exact) mass is 245 g/mol. The zero-order chi connectivity index (χ0) is 12.1. The molecule has 96 valence electrons. The molecule has 0 aliphatic rings. The van der Waals surface area contributed by atoms with Crippen LogP contribution in [0.2, 0.25) is 0 Å². The maximum absolute atomic E-state index is 4.53. The first kappa shape index (κ1) is 15.6. The van der Waals surface area contributed by atoms with Crippen molar-refractivity contribution in [2.24, 2.45) is 4.99 Å². The number of guanidine groups is 1. The first-order valence-corrected chi connectivity index (χ1v) is 7.75. The largest absolute Gasteiger partial charge is 0.357 e. The van der Waals surface area contributed by atoms with Crippen molar-refractivity contribution in [1.82, 2.24) is 10.6 Å². The highest BCUT2D eigenvalue weighted by atomic mass is 32.2. The van der Waals surface area contributed by atoms with Crippen LogP contribution in [0.3, 0.4) is 0 Å². The number of thioether (sulfide) groups is 1. The molecule has 16 heavy (non-hydrogen) atoms. The summed E-state index contributed by atoms with van der Waals surface area (Å²) in [5.74, 6) is 2.17. The number of aliphatic imine (C=N–C) groups is 1. The van der Waals surface area contributed by atoms with Crippen molar-refractivity contribution >= 4 is 17.7 Å². The van der Waals surface area contributed by atoms with Gasteiger partial charge in [-0.3, -0.25) is 4.99 Å². The van der Waals surface area contributed by atoms with Gasteiger partial charge in [0.05, 0.1) is 0 Å². The van der Waals surface area contributed by atoms with Crippen LogP contribution in [0.15, 0.2) is 4.99 Å². The highest BCUT2D eigenvalue weighted by molar-refractivity contribution is 7.98. The molecule has 0 fully saturated rings. The highest BCUT2D eigenvalue weighted by Gasteiger charge is 1.95. The van der Waals surface area contributed by atoms with E-state index in [2.05, 4.69) is 35.7 Å². The van der Waals surface area contributed by atoms with E-state index in [-0.39, 0.29) is 0 Å². The number of unbranched alkanes of at least 4 members (excludes halogenated alkanes) is 2. The van der Waals surface area contributed by atoms with E-state index in [1.54, 1.807) is 0 Å². The van der Waals surface area contributed by atoms with Gasteiger partial charge in [-0.25, -0.2) is 0 Å². The van der Waals surface area contributed by atoms with Crippen molar-refractivity contribution in [2.75, 3.05) is 31.6 Å². The van der Waals surface area contributed by atoms with Crippen LogP contribution in [0.5, 0.6) is 0 Å². The van der Waals surface area contributed by atoms with Crippen LogP contribution in [0.25, 0.3) is 0 Å². The lowest BCUT2D eigenvalue weighted by atomic mass is 10.2. The Balaban J connectivity index is 3.67. The van der Waals surface area contributed by atoms with E-state index in [0.717, 1.165) is 32.0 Å². The molecule has 0 rings (SSSR count). The Kier molecular flexibility index (Phi) is 12.4. The van der Waals surface area contributed by atoms with Gasteiger partial charge in [-0.2, -0.15) is 11.8 Å². The van der Waals surface area contributed by atoms with Crippen LogP contribution in [-0.4, -0.2) is 37.6 Å². The fourth-order valence-corrected chi connectivity index (χ4v) is 1.74. The molecule has 0 aliphatic heterocycles. The molecule has 0 bridgehead atoms. The molecular formula is C12H27N3S. The van der Waals surface area contributed by atoms with Gasteiger partial charge < -0.3 is 10.6 Å². The summed E-state index contributed by atoms with van der Waals surface area (Å²) in [5, 5.41) is 6.63. The average Bonchev–Trinajstić information content (AvgIpc) is 2.30. The van der Waals surface area contributed by atoms with Gasteiger partial charge >= 0.3 is 0 Å². The molecule has 0 aromatic heterocycles. The smallest absolute Gasteiger partial charge is 0.191 e. The first-order valence-electron chi connectivity index (χ1n) is 6.36. The molecule has 0 radical (unpaired) electrons. The average molecular weight is 245 g/mol. The van der Waals surface area contributed by atoms with Crippen molar-refractivity contribution in [3.05, 3.63) is 0 Å². The van der Waals surface area contributed by atoms with Crippen LogP contribution in [-0.2, 0) is 0 Å². The van der Waals surface area contributed by atoms with Crippen LogP contribution >= 0.6 is 11.8 Å². The van der Waals surface area contributed by atoms with Crippen LogP contribution in [0, 0.1) is 0 Å². The number of hydrogen-bond donors (Lipinski definition) is 2. The van der Waals surface area contributed by atoms with E-state index < -0.39 is 0 Å². The van der Waals surface area contributed by atoms with Gasteiger partial charge in [0, 0.05) is 19.6 Å². The molecule has 0 heterocycles. The molecule has 0 aromatic carbocycles.